The van der Waals surface area contributed by atoms with Gasteiger partial charge in [0.2, 0.25) is 0 Å². The minimum atomic E-state index is -1.10. The van der Waals surface area contributed by atoms with Gasteiger partial charge in [0.15, 0.2) is 0 Å². The van der Waals surface area contributed by atoms with Crippen molar-refractivity contribution in [2.45, 2.75) is 6.54 Å². The van der Waals surface area contributed by atoms with Gasteiger partial charge < -0.3 is 15.7 Å². The SMILES string of the molecule is O=C(NCc1sccc1Br)Nc1cc(Br)ccc1C(=O)O. The lowest BCUT2D eigenvalue weighted by atomic mass is 10.2. The van der Waals surface area contributed by atoms with E-state index in [1.807, 2.05) is 11.4 Å². The zero-order chi connectivity index (χ0) is 15.4. The monoisotopic (exact) mass is 432 g/mol. The van der Waals surface area contributed by atoms with Crippen molar-refractivity contribution < 1.29 is 14.7 Å². The Labute approximate surface area is 141 Å². The molecular formula is C13H10Br2N2O3S. The maximum atomic E-state index is 11.9. The molecule has 0 bridgehead atoms. The van der Waals surface area contributed by atoms with Crippen LogP contribution in [0.15, 0.2) is 38.6 Å². The Morgan fingerprint density at radius 2 is 2.00 bits per heavy atom. The Morgan fingerprint density at radius 1 is 1.24 bits per heavy atom. The summed E-state index contributed by atoms with van der Waals surface area (Å²) in [6, 6.07) is 6.02. The van der Waals surface area contributed by atoms with Crippen LogP contribution in [0, 0.1) is 0 Å². The molecule has 1 heterocycles. The molecule has 0 saturated heterocycles. The summed E-state index contributed by atoms with van der Waals surface area (Å²) in [6.07, 6.45) is 0. The van der Waals surface area contributed by atoms with Crippen molar-refractivity contribution in [1.29, 1.82) is 0 Å². The third kappa shape index (κ3) is 4.29. The fourth-order valence-corrected chi connectivity index (χ4v) is 3.38. The van der Waals surface area contributed by atoms with Crippen molar-refractivity contribution in [1.82, 2.24) is 5.32 Å². The van der Waals surface area contributed by atoms with E-state index in [0.717, 1.165) is 9.35 Å². The fourth-order valence-electron chi connectivity index (χ4n) is 1.58. The number of nitrogens with one attached hydrogen (secondary N) is 2. The maximum Gasteiger partial charge on any atom is 0.337 e. The number of amides is 2. The smallest absolute Gasteiger partial charge is 0.337 e. The second kappa shape index (κ2) is 7.06. The lowest BCUT2D eigenvalue weighted by Gasteiger charge is -2.10. The van der Waals surface area contributed by atoms with E-state index in [-0.39, 0.29) is 11.3 Å². The molecule has 110 valence electrons. The molecule has 2 amide bonds. The normalized spacial score (nSPS) is 10.2. The molecule has 0 spiro atoms. The van der Waals surface area contributed by atoms with Gasteiger partial charge in [0.1, 0.15) is 0 Å². The standard InChI is InChI=1S/C13H10Br2N2O3S/c14-7-1-2-8(12(18)19)10(5-7)17-13(20)16-6-11-9(15)3-4-21-11/h1-5H,6H2,(H,18,19)(H2,16,17,20). The molecule has 0 radical (unpaired) electrons. The van der Waals surface area contributed by atoms with Gasteiger partial charge in [-0.2, -0.15) is 0 Å². The summed E-state index contributed by atoms with van der Waals surface area (Å²) in [4.78, 5) is 24.0. The number of rotatable bonds is 4. The number of carboxylic acid groups (broad SMARTS) is 1. The van der Waals surface area contributed by atoms with E-state index in [2.05, 4.69) is 42.5 Å². The fraction of sp³-hybridized carbons (Fsp3) is 0.0769. The molecule has 0 unspecified atom stereocenters. The molecule has 3 N–H and O–H groups in total. The molecule has 5 nitrogen and oxygen atoms in total. The van der Waals surface area contributed by atoms with Gasteiger partial charge in [0.25, 0.3) is 0 Å². The average Bonchev–Trinajstić information content (AvgIpc) is 2.81. The molecule has 0 fully saturated rings. The third-order valence-corrected chi connectivity index (χ3v) is 4.98. The summed E-state index contributed by atoms with van der Waals surface area (Å²) in [5.41, 5.74) is 0.269. The van der Waals surface area contributed by atoms with Gasteiger partial charge >= 0.3 is 12.0 Å². The van der Waals surface area contributed by atoms with Crippen LogP contribution in [0.4, 0.5) is 10.5 Å². The second-order valence-electron chi connectivity index (χ2n) is 3.99. The second-order valence-corrected chi connectivity index (χ2v) is 6.77. The summed E-state index contributed by atoms with van der Waals surface area (Å²) in [5, 5.41) is 16.2. The summed E-state index contributed by atoms with van der Waals surface area (Å²) < 4.78 is 1.62. The molecule has 1 aromatic heterocycles. The van der Waals surface area contributed by atoms with Crippen LogP contribution in [0.1, 0.15) is 15.2 Å². The first-order chi connectivity index (χ1) is 9.97. The van der Waals surface area contributed by atoms with Crippen molar-refractivity contribution >= 4 is 60.9 Å². The minimum Gasteiger partial charge on any atom is -0.478 e. The highest BCUT2D eigenvalue weighted by atomic mass is 79.9. The highest BCUT2D eigenvalue weighted by Gasteiger charge is 2.13. The van der Waals surface area contributed by atoms with Gasteiger partial charge in [0.05, 0.1) is 17.8 Å². The number of carbonyl (C=O) groups excluding carboxylic acids is 1. The Bertz CT molecular complexity index is 688. The van der Waals surface area contributed by atoms with E-state index >= 15 is 0 Å². The summed E-state index contributed by atoms with van der Waals surface area (Å²) in [6.45, 7) is 0.362. The predicted octanol–water partition coefficient (Wildman–Crippen LogP) is 4.29. The van der Waals surface area contributed by atoms with Gasteiger partial charge in [-0.05, 0) is 45.6 Å². The Kier molecular flexibility index (Phi) is 5.38. The van der Waals surface area contributed by atoms with Crippen LogP contribution in [0.5, 0.6) is 0 Å². The lowest BCUT2D eigenvalue weighted by molar-refractivity contribution is 0.0698. The average molecular weight is 434 g/mol. The van der Waals surface area contributed by atoms with Crippen molar-refractivity contribution in [3.05, 3.63) is 49.0 Å². The molecule has 0 saturated carbocycles. The van der Waals surface area contributed by atoms with Crippen LogP contribution >= 0.6 is 43.2 Å². The first kappa shape index (κ1) is 16.0. The van der Waals surface area contributed by atoms with Gasteiger partial charge in [-0.3, -0.25) is 0 Å². The third-order valence-electron chi connectivity index (χ3n) is 2.56. The number of urea groups is 1. The van der Waals surface area contributed by atoms with E-state index in [9.17, 15) is 9.59 Å². The first-order valence-corrected chi connectivity index (χ1v) is 8.23. The first-order valence-electron chi connectivity index (χ1n) is 5.77. The molecule has 0 aliphatic rings. The summed E-state index contributed by atoms with van der Waals surface area (Å²) in [5.74, 6) is -1.10. The number of hydrogen-bond acceptors (Lipinski definition) is 3. The highest BCUT2D eigenvalue weighted by molar-refractivity contribution is 9.10. The van der Waals surface area contributed by atoms with Crippen LogP contribution in [-0.2, 0) is 6.54 Å². The largest absolute Gasteiger partial charge is 0.478 e. The van der Waals surface area contributed by atoms with Crippen molar-refractivity contribution in [3.8, 4) is 0 Å². The maximum absolute atomic E-state index is 11.9. The van der Waals surface area contributed by atoms with Gasteiger partial charge in [0, 0.05) is 13.8 Å². The summed E-state index contributed by atoms with van der Waals surface area (Å²) in [7, 11) is 0. The lowest BCUT2D eigenvalue weighted by Crippen LogP contribution is -2.28. The van der Waals surface area contributed by atoms with E-state index in [1.165, 1.54) is 17.4 Å². The topological polar surface area (TPSA) is 78.4 Å². The number of carboxylic acids is 1. The summed E-state index contributed by atoms with van der Waals surface area (Å²) >= 11 is 8.14. The molecular weight excluding hydrogens is 424 g/mol. The van der Waals surface area contributed by atoms with Crippen molar-refractivity contribution in [2.24, 2.45) is 0 Å². The molecule has 2 aromatic rings. The Morgan fingerprint density at radius 3 is 2.62 bits per heavy atom. The number of carbonyl (C=O) groups is 2. The van der Waals surface area contributed by atoms with Crippen LogP contribution in [-0.4, -0.2) is 17.1 Å². The van der Waals surface area contributed by atoms with Crippen LogP contribution in [0.25, 0.3) is 0 Å². The number of anilines is 1. The van der Waals surface area contributed by atoms with Crippen LogP contribution < -0.4 is 10.6 Å². The zero-order valence-corrected chi connectivity index (χ0v) is 14.5. The van der Waals surface area contributed by atoms with Crippen LogP contribution in [0.3, 0.4) is 0 Å². The molecule has 2 rings (SSSR count). The number of benzene rings is 1. The highest BCUT2D eigenvalue weighted by Crippen LogP contribution is 2.23. The van der Waals surface area contributed by atoms with Crippen molar-refractivity contribution in [3.63, 3.8) is 0 Å². The van der Waals surface area contributed by atoms with E-state index in [0.29, 0.717) is 11.0 Å². The molecule has 0 atom stereocenters. The molecule has 0 aliphatic heterocycles. The van der Waals surface area contributed by atoms with Crippen molar-refractivity contribution in [2.75, 3.05) is 5.32 Å². The molecule has 0 aliphatic carbocycles. The van der Waals surface area contributed by atoms with Gasteiger partial charge in [-0.25, -0.2) is 9.59 Å². The molecule has 1 aromatic carbocycles. The van der Waals surface area contributed by atoms with Gasteiger partial charge in [-0.15, -0.1) is 11.3 Å². The zero-order valence-electron chi connectivity index (χ0n) is 10.5. The number of hydrogen-bond donors (Lipinski definition) is 3. The number of aromatic carboxylic acids is 1. The quantitative estimate of drug-likeness (QED) is 0.672. The van der Waals surface area contributed by atoms with E-state index in [4.69, 9.17) is 5.11 Å². The Balaban J connectivity index is 2.04. The molecule has 21 heavy (non-hydrogen) atoms. The predicted molar refractivity (Wildman–Crippen MR) is 89.0 cm³/mol. The van der Waals surface area contributed by atoms with Crippen LogP contribution in [0.2, 0.25) is 0 Å². The Hall–Kier alpha value is -1.38. The van der Waals surface area contributed by atoms with E-state index in [1.54, 1.807) is 12.1 Å². The minimum absolute atomic E-state index is 0.0330. The van der Waals surface area contributed by atoms with E-state index < -0.39 is 12.0 Å². The van der Waals surface area contributed by atoms with Gasteiger partial charge in [-0.1, -0.05) is 15.9 Å². The molecule has 8 heteroatoms. The number of halogens is 2. The number of thiophene rings is 1.